The van der Waals surface area contributed by atoms with Crippen molar-refractivity contribution in [2.24, 2.45) is 0 Å². The van der Waals surface area contributed by atoms with Crippen LogP contribution in [-0.2, 0) is 4.79 Å². The molecule has 0 unspecified atom stereocenters. The second kappa shape index (κ2) is 8.62. The van der Waals surface area contributed by atoms with E-state index < -0.39 is 5.63 Å². The van der Waals surface area contributed by atoms with Crippen LogP contribution in [0.2, 0.25) is 0 Å². The fourth-order valence-electron chi connectivity index (χ4n) is 2.99. The van der Waals surface area contributed by atoms with Gasteiger partial charge in [-0.05, 0) is 19.1 Å². The molecular weight excluding hydrogens is 350 g/mol. The average Bonchev–Trinajstić information content (AvgIpc) is 2.66. The van der Waals surface area contributed by atoms with Crippen LogP contribution in [0.4, 0.5) is 0 Å². The van der Waals surface area contributed by atoms with E-state index in [-0.39, 0.29) is 18.6 Å². The highest BCUT2D eigenvalue weighted by atomic mass is 16.5. The number of likely N-dealkylation sites (tertiary alicyclic amines) is 1. The number of carbonyl (C=O) groups excluding carboxylic acids is 1. The molecule has 0 atom stereocenters. The fraction of sp³-hybridized carbons (Fsp3) is 0.400. The van der Waals surface area contributed by atoms with E-state index in [1.54, 1.807) is 37.1 Å². The van der Waals surface area contributed by atoms with E-state index in [0.717, 1.165) is 0 Å². The molecule has 0 N–H and O–H groups in total. The van der Waals surface area contributed by atoms with Crippen molar-refractivity contribution in [3.05, 3.63) is 52.6 Å². The van der Waals surface area contributed by atoms with Gasteiger partial charge in [0.1, 0.15) is 29.1 Å². The number of piperidine rings is 1. The lowest BCUT2D eigenvalue weighted by molar-refractivity contribution is -0.135. The Bertz CT molecular complexity index is 838. The number of amides is 1. The molecule has 3 rings (SSSR count). The smallest absolute Gasteiger partial charge is 0.339 e. The van der Waals surface area contributed by atoms with Crippen molar-refractivity contribution in [1.82, 2.24) is 4.90 Å². The Hall–Kier alpha value is -2.96. The van der Waals surface area contributed by atoms with E-state index >= 15 is 0 Å². The van der Waals surface area contributed by atoms with E-state index in [9.17, 15) is 9.59 Å². The summed E-state index contributed by atoms with van der Waals surface area (Å²) in [5.74, 6) is 2.24. The van der Waals surface area contributed by atoms with Crippen LogP contribution in [0.3, 0.4) is 0 Å². The predicted octanol–water partition coefficient (Wildman–Crippen LogP) is 2.41. The normalized spacial score (nSPS) is 14.7. The molecule has 2 heterocycles. The van der Waals surface area contributed by atoms with Gasteiger partial charge in [0.05, 0.1) is 13.2 Å². The van der Waals surface area contributed by atoms with Crippen molar-refractivity contribution in [3.63, 3.8) is 0 Å². The highest BCUT2D eigenvalue weighted by Gasteiger charge is 2.24. The third kappa shape index (κ3) is 5.26. The van der Waals surface area contributed by atoms with Crippen LogP contribution < -0.4 is 19.8 Å². The van der Waals surface area contributed by atoms with Gasteiger partial charge in [0.15, 0.2) is 6.61 Å². The molecule has 1 saturated heterocycles. The van der Waals surface area contributed by atoms with Crippen LogP contribution in [-0.4, -0.2) is 43.7 Å². The summed E-state index contributed by atoms with van der Waals surface area (Å²) in [7, 11) is 1.58. The lowest BCUT2D eigenvalue weighted by Crippen LogP contribution is -2.43. The number of hydrogen-bond acceptors (Lipinski definition) is 6. The van der Waals surface area contributed by atoms with E-state index in [4.69, 9.17) is 18.6 Å². The topological polar surface area (TPSA) is 78.2 Å². The summed E-state index contributed by atoms with van der Waals surface area (Å²) in [6.07, 6.45) is 1.36. The Kier molecular flexibility index (Phi) is 6.01. The largest absolute Gasteiger partial charge is 0.497 e. The minimum atomic E-state index is -0.424. The Morgan fingerprint density at radius 1 is 1.15 bits per heavy atom. The standard InChI is InChI=1S/C20H23NO6/c1-14-10-18(12-20(23)26-14)27-15-6-8-21(9-7-15)19(22)13-25-17-5-3-4-16(11-17)24-2/h3-5,10-12,15H,6-9,13H2,1-2H3. The highest BCUT2D eigenvalue weighted by Crippen LogP contribution is 2.21. The summed E-state index contributed by atoms with van der Waals surface area (Å²) in [6, 6.07) is 10.2. The lowest BCUT2D eigenvalue weighted by atomic mass is 10.1. The number of carbonyl (C=O) groups is 1. The zero-order chi connectivity index (χ0) is 19.2. The van der Waals surface area contributed by atoms with Crippen LogP contribution in [0.5, 0.6) is 17.2 Å². The molecule has 0 bridgehead atoms. The number of nitrogens with zero attached hydrogens (tertiary/aromatic N) is 1. The van der Waals surface area contributed by atoms with Crippen LogP contribution in [0.25, 0.3) is 0 Å². The maximum atomic E-state index is 12.4. The molecule has 1 aromatic heterocycles. The Morgan fingerprint density at radius 3 is 2.59 bits per heavy atom. The molecule has 1 fully saturated rings. The number of benzene rings is 1. The summed E-state index contributed by atoms with van der Waals surface area (Å²) in [4.78, 5) is 25.5. The molecule has 1 aromatic carbocycles. The molecule has 7 heteroatoms. The maximum absolute atomic E-state index is 12.4. The molecule has 0 spiro atoms. The third-order valence-corrected chi connectivity index (χ3v) is 4.37. The first-order valence-corrected chi connectivity index (χ1v) is 8.86. The molecule has 0 saturated carbocycles. The van der Waals surface area contributed by atoms with Crippen molar-refractivity contribution in [3.8, 4) is 17.2 Å². The molecule has 0 radical (unpaired) electrons. The minimum absolute atomic E-state index is 0.0163. The second-order valence-electron chi connectivity index (χ2n) is 6.39. The molecule has 7 nitrogen and oxygen atoms in total. The minimum Gasteiger partial charge on any atom is -0.497 e. The van der Waals surface area contributed by atoms with Crippen molar-refractivity contribution in [1.29, 1.82) is 0 Å². The number of rotatable bonds is 6. The number of methoxy groups -OCH3 is 1. The van der Waals surface area contributed by atoms with Crippen molar-refractivity contribution >= 4 is 5.91 Å². The summed E-state index contributed by atoms with van der Waals surface area (Å²) >= 11 is 0. The zero-order valence-corrected chi connectivity index (χ0v) is 15.5. The van der Waals surface area contributed by atoms with Crippen molar-refractivity contribution in [2.75, 3.05) is 26.8 Å². The van der Waals surface area contributed by atoms with Crippen LogP contribution in [0.1, 0.15) is 18.6 Å². The lowest BCUT2D eigenvalue weighted by Gasteiger charge is -2.32. The first-order chi connectivity index (χ1) is 13.0. The fourth-order valence-corrected chi connectivity index (χ4v) is 2.99. The van der Waals surface area contributed by atoms with Crippen LogP contribution in [0.15, 0.2) is 45.6 Å². The van der Waals surface area contributed by atoms with Gasteiger partial charge in [-0.1, -0.05) is 6.07 Å². The average molecular weight is 373 g/mol. The van der Waals surface area contributed by atoms with Crippen molar-refractivity contribution < 1.29 is 23.4 Å². The summed E-state index contributed by atoms with van der Waals surface area (Å²) in [5.41, 5.74) is -0.424. The maximum Gasteiger partial charge on any atom is 0.339 e. The summed E-state index contributed by atoms with van der Waals surface area (Å²) in [6.45, 7) is 2.87. The summed E-state index contributed by atoms with van der Waals surface area (Å²) in [5, 5.41) is 0. The zero-order valence-electron chi connectivity index (χ0n) is 15.5. The van der Waals surface area contributed by atoms with Gasteiger partial charge in [-0.25, -0.2) is 4.79 Å². The Balaban J connectivity index is 1.46. The number of ether oxygens (including phenoxy) is 3. The Morgan fingerprint density at radius 2 is 1.89 bits per heavy atom. The monoisotopic (exact) mass is 373 g/mol. The van der Waals surface area contributed by atoms with Gasteiger partial charge in [0.2, 0.25) is 0 Å². The molecule has 144 valence electrons. The van der Waals surface area contributed by atoms with Gasteiger partial charge in [-0.3, -0.25) is 4.79 Å². The van der Waals surface area contributed by atoms with Gasteiger partial charge in [-0.15, -0.1) is 0 Å². The van der Waals surface area contributed by atoms with Crippen LogP contribution >= 0.6 is 0 Å². The van der Waals surface area contributed by atoms with E-state index in [1.807, 2.05) is 12.1 Å². The van der Waals surface area contributed by atoms with E-state index in [2.05, 4.69) is 0 Å². The number of aryl methyl sites for hydroxylation is 1. The van der Waals surface area contributed by atoms with E-state index in [0.29, 0.717) is 48.9 Å². The van der Waals surface area contributed by atoms with Gasteiger partial charge < -0.3 is 23.5 Å². The van der Waals surface area contributed by atoms with Gasteiger partial charge in [0.25, 0.3) is 5.91 Å². The SMILES string of the molecule is COc1cccc(OCC(=O)N2CCC(Oc3cc(C)oc(=O)c3)CC2)c1. The predicted molar refractivity (Wildman–Crippen MR) is 98.4 cm³/mol. The molecule has 1 amide bonds. The number of hydrogen-bond donors (Lipinski definition) is 0. The van der Waals surface area contributed by atoms with Gasteiger partial charge >= 0.3 is 5.63 Å². The van der Waals surface area contributed by atoms with Gasteiger partial charge in [-0.2, -0.15) is 0 Å². The van der Waals surface area contributed by atoms with Gasteiger partial charge in [0, 0.05) is 38.1 Å². The van der Waals surface area contributed by atoms with Crippen molar-refractivity contribution in [2.45, 2.75) is 25.9 Å². The third-order valence-electron chi connectivity index (χ3n) is 4.37. The molecule has 1 aliphatic heterocycles. The van der Waals surface area contributed by atoms with E-state index in [1.165, 1.54) is 6.07 Å². The summed E-state index contributed by atoms with van der Waals surface area (Å²) < 4.78 is 21.5. The molecular formula is C20H23NO6. The quantitative estimate of drug-likeness (QED) is 0.774. The molecule has 27 heavy (non-hydrogen) atoms. The first kappa shape index (κ1) is 18.8. The molecule has 0 aliphatic carbocycles. The second-order valence-corrected chi connectivity index (χ2v) is 6.39. The first-order valence-electron chi connectivity index (χ1n) is 8.86. The molecule has 1 aliphatic rings. The molecule has 2 aromatic rings. The Labute approximate surface area is 157 Å². The van der Waals surface area contributed by atoms with Crippen LogP contribution in [0, 0.1) is 6.92 Å². The highest BCUT2D eigenvalue weighted by molar-refractivity contribution is 5.77.